The number of rotatable bonds is 5. The first-order valence-corrected chi connectivity index (χ1v) is 6.91. The van der Waals surface area contributed by atoms with Crippen LogP contribution in [0, 0.1) is 11.8 Å². The molecule has 6 heteroatoms. The SMILES string of the molecule is COC(=O)CCCC(F)(F)C#CC(=O)c1ccc(Br)cc1. The number of Topliss-reactive ketones (excluding diaryl/α,β-unsaturated/α-hetero) is 1. The predicted molar refractivity (Wildman–Crippen MR) is 77.1 cm³/mol. The smallest absolute Gasteiger partial charge is 0.308 e. The normalized spacial score (nSPS) is 10.5. The molecule has 1 rings (SSSR count). The van der Waals surface area contributed by atoms with E-state index in [0.717, 1.165) is 4.47 Å². The highest BCUT2D eigenvalue weighted by Gasteiger charge is 2.25. The molecule has 21 heavy (non-hydrogen) atoms. The van der Waals surface area contributed by atoms with Crippen molar-refractivity contribution in [1.29, 1.82) is 0 Å². The minimum Gasteiger partial charge on any atom is -0.469 e. The fourth-order valence-electron chi connectivity index (χ4n) is 1.44. The Hall–Kier alpha value is -1.74. The molecule has 0 fully saturated rings. The molecule has 0 spiro atoms. The number of halogens is 3. The molecule has 0 aliphatic carbocycles. The maximum Gasteiger partial charge on any atom is 0.308 e. The summed E-state index contributed by atoms with van der Waals surface area (Å²) in [6, 6.07) is 6.25. The average molecular weight is 359 g/mol. The van der Waals surface area contributed by atoms with Crippen molar-refractivity contribution >= 4 is 27.7 Å². The van der Waals surface area contributed by atoms with Crippen molar-refractivity contribution in [2.75, 3.05) is 7.11 Å². The summed E-state index contributed by atoms with van der Waals surface area (Å²) >= 11 is 3.21. The molecule has 112 valence electrons. The summed E-state index contributed by atoms with van der Waals surface area (Å²) in [5.41, 5.74) is 0.246. The third-order valence-corrected chi connectivity index (χ3v) is 3.09. The molecule has 0 saturated heterocycles. The van der Waals surface area contributed by atoms with Crippen molar-refractivity contribution in [3.05, 3.63) is 34.3 Å². The van der Waals surface area contributed by atoms with Gasteiger partial charge in [-0.2, -0.15) is 8.78 Å². The van der Waals surface area contributed by atoms with E-state index in [9.17, 15) is 18.4 Å². The van der Waals surface area contributed by atoms with E-state index >= 15 is 0 Å². The van der Waals surface area contributed by atoms with Gasteiger partial charge in [-0.1, -0.05) is 15.9 Å². The van der Waals surface area contributed by atoms with Crippen molar-refractivity contribution in [1.82, 2.24) is 0 Å². The second-order valence-corrected chi connectivity index (χ2v) is 5.14. The summed E-state index contributed by atoms with van der Waals surface area (Å²) in [4.78, 5) is 22.4. The number of carbonyl (C=O) groups excluding carboxylic acids is 2. The highest BCUT2D eigenvalue weighted by atomic mass is 79.9. The van der Waals surface area contributed by atoms with Crippen molar-refractivity contribution in [2.24, 2.45) is 0 Å². The Morgan fingerprint density at radius 3 is 2.48 bits per heavy atom. The molecule has 0 radical (unpaired) electrons. The maximum atomic E-state index is 13.4. The second kappa shape index (κ2) is 7.89. The van der Waals surface area contributed by atoms with Crippen LogP contribution in [0.25, 0.3) is 0 Å². The van der Waals surface area contributed by atoms with Crippen LogP contribution in [0.3, 0.4) is 0 Å². The Kier molecular flexibility index (Phi) is 6.50. The van der Waals surface area contributed by atoms with Gasteiger partial charge in [0, 0.05) is 22.9 Å². The molecule has 0 N–H and O–H groups in total. The standard InChI is InChI=1S/C15H13BrF2O3/c1-21-14(20)3-2-9-15(17,18)10-8-13(19)11-4-6-12(16)7-5-11/h4-7H,2-3,9H2,1H3. The third kappa shape index (κ3) is 6.50. The number of carbonyl (C=O) groups is 2. The largest absolute Gasteiger partial charge is 0.469 e. The van der Waals surface area contributed by atoms with Crippen LogP contribution in [0.2, 0.25) is 0 Å². The first-order valence-electron chi connectivity index (χ1n) is 6.12. The fraction of sp³-hybridized carbons (Fsp3) is 0.333. The van der Waals surface area contributed by atoms with E-state index in [0.29, 0.717) is 0 Å². The molecule has 1 aromatic rings. The zero-order chi connectivity index (χ0) is 15.9. The molecular formula is C15H13BrF2O3. The Morgan fingerprint density at radius 1 is 1.29 bits per heavy atom. The lowest BCUT2D eigenvalue weighted by Gasteiger charge is -2.07. The Balaban J connectivity index is 2.60. The first-order chi connectivity index (χ1) is 9.84. The van der Waals surface area contributed by atoms with E-state index < -0.39 is 24.1 Å². The highest BCUT2D eigenvalue weighted by molar-refractivity contribution is 9.10. The van der Waals surface area contributed by atoms with Gasteiger partial charge in [0.25, 0.3) is 0 Å². The number of hydrogen-bond acceptors (Lipinski definition) is 3. The molecule has 0 aliphatic heterocycles. The molecule has 1 aromatic carbocycles. The summed E-state index contributed by atoms with van der Waals surface area (Å²) < 4.78 is 32.0. The maximum absolute atomic E-state index is 13.4. The second-order valence-electron chi connectivity index (χ2n) is 4.22. The van der Waals surface area contributed by atoms with E-state index in [1.165, 1.54) is 19.2 Å². The van der Waals surface area contributed by atoms with Gasteiger partial charge in [0.15, 0.2) is 0 Å². The molecule has 0 atom stereocenters. The molecule has 0 aromatic heterocycles. The van der Waals surface area contributed by atoms with E-state index in [1.807, 2.05) is 5.92 Å². The van der Waals surface area contributed by atoms with Crippen LogP contribution in [-0.4, -0.2) is 24.8 Å². The molecule has 3 nitrogen and oxygen atoms in total. The minimum atomic E-state index is -3.31. The molecule has 0 bridgehead atoms. The number of ketones is 1. The number of esters is 1. The van der Waals surface area contributed by atoms with E-state index in [-0.39, 0.29) is 18.4 Å². The lowest BCUT2D eigenvalue weighted by molar-refractivity contribution is -0.140. The van der Waals surface area contributed by atoms with Gasteiger partial charge in [0.2, 0.25) is 5.78 Å². The van der Waals surface area contributed by atoms with Crippen LogP contribution >= 0.6 is 15.9 Å². The van der Waals surface area contributed by atoms with Crippen LogP contribution in [0.1, 0.15) is 29.6 Å². The molecular weight excluding hydrogens is 346 g/mol. The highest BCUT2D eigenvalue weighted by Crippen LogP contribution is 2.20. The summed E-state index contributed by atoms with van der Waals surface area (Å²) in [5.74, 6) is -0.922. The molecule has 0 unspecified atom stereocenters. The lowest BCUT2D eigenvalue weighted by atomic mass is 10.1. The van der Waals surface area contributed by atoms with Gasteiger partial charge < -0.3 is 4.74 Å². The number of alkyl halides is 2. The average Bonchev–Trinajstić information content (AvgIpc) is 2.45. The van der Waals surface area contributed by atoms with Gasteiger partial charge in [-0.3, -0.25) is 9.59 Å². The van der Waals surface area contributed by atoms with Crippen molar-refractivity contribution in [3.8, 4) is 11.8 Å². The molecule has 0 heterocycles. The van der Waals surface area contributed by atoms with Gasteiger partial charge in [0.1, 0.15) is 0 Å². The quantitative estimate of drug-likeness (QED) is 0.349. The molecule has 0 saturated carbocycles. The Labute approximate surface area is 129 Å². The summed E-state index contributed by atoms with van der Waals surface area (Å²) in [6.45, 7) is 0. The number of ether oxygens (including phenoxy) is 1. The van der Waals surface area contributed by atoms with Crippen LogP contribution in [-0.2, 0) is 9.53 Å². The van der Waals surface area contributed by atoms with Gasteiger partial charge in [-0.05, 0) is 42.5 Å². The Bertz CT molecular complexity index is 571. The number of methoxy groups -OCH3 is 1. The Morgan fingerprint density at radius 2 is 1.90 bits per heavy atom. The van der Waals surface area contributed by atoms with Gasteiger partial charge in [-0.25, -0.2) is 0 Å². The van der Waals surface area contributed by atoms with Crippen LogP contribution in [0.4, 0.5) is 8.78 Å². The van der Waals surface area contributed by atoms with Gasteiger partial charge >= 0.3 is 11.9 Å². The van der Waals surface area contributed by atoms with Gasteiger partial charge in [0.05, 0.1) is 7.11 Å². The number of hydrogen-bond donors (Lipinski definition) is 0. The number of benzene rings is 1. The monoisotopic (exact) mass is 358 g/mol. The van der Waals surface area contributed by atoms with E-state index in [1.54, 1.807) is 18.1 Å². The summed E-state index contributed by atoms with van der Waals surface area (Å²) in [6.07, 6.45) is -0.752. The van der Waals surface area contributed by atoms with Gasteiger partial charge in [-0.15, -0.1) is 0 Å². The predicted octanol–water partition coefficient (Wildman–Crippen LogP) is 3.61. The third-order valence-electron chi connectivity index (χ3n) is 2.56. The fourth-order valence-corrected chi connectivity index (χ4v) is 1.71. The summed E-state index contributed by atoms with van der Waals surface area (Å²) in [7, 11) is 1.19. The first kappa shape index (κ1) is 17.3. The van der Waals surface area contributed by atoms with Crippen molar-refractivity contribution in [2.45, 2.75) is 25.2 Å². The van der Waals surface area contributed by atoms with Crippen LogP contribution in [0.5, 0.6) is 0 Å². The minimum absolute atomic E-state index is 0.0547. The zero-order valence-corrected chi connectivity index (χ0v) is 12.9. The zero-order valence-electron chi connectivity index (χ0n) is 11.3. The molecule has 0 amide bonds. The van der Waals surface area contributed by atoms with E-state index in [4.69, 9.17) is 0 Å². The topological polar surface area (TPSA) is 43.4 Å². The van der Waals surface area contributed by atoms with Crippen LogP contribution in [0.15, 0.2) is 28.7 Å². The lowest BCUT2D eigenvalue weighted by Crippen LogP contribution is -2.14. The van der Waals surface area contributed by atoms with Crippen molar-refractivity contribution < 1.29 is 23.1 Å². The van der Waals surface area contributed by atoms with E-state index in [2.05, 4.69) is 20.7 Å². The summed E-state index contributed by atoms with van der Waals surface area (Å²) in [5, 5.41) is 0. The van der Waals surface area contributed by atoms with Crippen molar-refractivity contribution in [3.63, 3.8) is 0 Å². The van der Waals surface area contributed by atoms with Crippen LogP contribution < -0.4 is 0 Å². The molecule has 0 aliphatic rings.